The molecular weight excluding hydrogens is 200 g/mol. The molecule has 0 spiro atoms. The number of ether oxygens (including phenoxy) is 1. The molecule has 1 aliphatic carbocycles. The largest absolute Gasteiger partial charge is 0.457 e. The minimum atomic E-state index is 0.724. The molecule has 0 saturated carbocycles. The monoisotopic (exact) mass is 214 g/mol. The third-order valence-corrected chi connectivity index (χ3v) is 2.21. The number of hydrogen-bond donors (Lipinski definition) is 2. The van der Waals surface area contributed by atoms with E-state index in [9.17, 15) is 0 Å². The summed E-state index contributed by atoms with van der Waals surface area (Å²) in [6, 6.07) is 7.28. The molecule has 0 atom stereocenters. The average Bonchev–Trinajstić information content (AvgIpc) is 2.47. The van der Waals surface area contributed by atoms with Crippen LogP contribution in [0.2, 0.25) is 0 Å². The summed E-state index contributed by atoms with van der Waals surface area (Å²) < 4.78 is 5.66. The third kappa shape index (κ3) is 2.67. The molecule has 0 saturated heterocycles. The smallest absolute Gasteiger partial charge is 0.127 e. The lowest BCUT2D eigenvalue weighted by atomic mass is 10.3. The van der Waals surface area contributed by atoms with Crippen molar-refractivity contribution in [1.82, 2.24) is 0 Å². The highest BCUT2D eigenvalue weighted by molar-refractivity contribution is 5.42. The number of allylic oxidation sites excluding steroid dienone is 4. The van der Waals surface area contributed by atoms with E-state index in [2.05, 4.69) is 0 Å². The fourth-order valence-electron chi connectivity index (χ4n) is 1.36. The second-order valence-corrected chi connectivity index (χ2v) is 3.59. The summed E-state index contributed by atoms with van der Waals surface area (Å²) in [7, 11) is 0. The summed E-state index contributed by atoms with van der Waals surface area (Å²) in [6.07, 6.45) is 8.35. The van der Waals surface area contributed by atoms with Gasteiger partial charge in [-0.1, -0.05) is 6.08 Å². The Balaban J connectivity index is 2.13. The fourth-order valence-corrected chi connectivity index (χ4v) is 1.36. The molecule has 0 aromatic heterocycles. The lowest BCUT2D eigenvalue weighted by molar-refractivity contribution is 0.444. The SMILES string of the molecule is NC1=CC=C(Oc2ccc(N)cc2)C=CC1. The van der Waals surface area contributed by atoms with Crippen LogP contribution in [0.4, 0.5) is 5.69 Å². The molecule has 2 rings (SSSR count). The highest BCUT2D eigenvalue weighted by Gasteiger charge is 1.99. The van der Waals surface area contributed by atoms with E-state index in [-0.39, 0.29) is 0 Å². The summed E-state index contributed by atoms with van der Waals surface area (Å²) in [4.78, 5) is 0. The first-order valence-electron chi connectivity index (χ1n) is 5.10. The summed E-state index contributed by atoms with van der Waals surface area (Å²) in [5.41, 5.74) is 12.8. The van der Waals surface area contributed by atoms with Gasteiger partial charge in [-0.25, -0.2) is 0 Å². The summed E-state index contributed by atoms with van der Waals surface area (Å²) >= 11 is 0. The quantitative estimate of drug-likeness (QED) is 0.743. The Bertz CT molecular complexity index is 455. The second kappa shape index (κ2) is 4.57. The van der Waals surface area contributed by atoms with Crippen LogP contribution in [-0.2, 0) is 0 Å². The fraction of sp³-hybridized carbons (Fsp3) is 0.0769. The predicted molar refractivity (Wildman–Crippen MR) is 65.6 cm³/mol. The molecule has 4 N–H and O–H groups in total. The van der Waals surface area contributed by atoms with Crippen LogP contribution in [0.1, 0.15) is 6.42 Å². The summed E-state index contributed by atoms with van der Waals surface area (Å²) in [5.74, 6) is 1.53. The molecule has 0 unspecified atom stereocenters. The van der Waals surface area contributed by atoms with Crippen LogP contribution < -0.4 is 16.2 Å². The minimum absolute atomic E-state index is 0.724. The summed E-state index contributed by atoms with van der Waals surface area (Å²) in [6.45, 7) is 0. The highest BCUT2D eigenvalue weighted by Crippen LogP contribution is 2.18. The third-order valence-electron chi connectivity index (χ3n) is 2.21. The number of hydrogen-bond acceptors (Lipinski definition) is 3. The molecule has 0 radical (unpaired) electrons. The molecule has 16 heavy (non-hydrogen) atoms. The lowest BCUT2D eigenvalue weighted by Gasteiger charge is -2.05. The average molecular weight is 214 g/mol. The van der Waals surface area contributed by atoms with Crippen molar-refractivity contribution in [2.45, 2.75) is 6.42 Å². The Morgan fingerprint density at radius 2 is 1.75 bits per heavy atom. The van der Waals surface area contributed by atoms with Gasteiger partial charge >= 0.3 is 0 Å². The van der Waals surface area contributed by atoms with Crippen LogP contribution in [0.25, 0.3) is 0 Å². The van der Waals surface area contributed by atoms with Crippen molar-refractivity contribution >= 4 is 5.69 Å². The predicted octanol–water partition coefficient (Wildman–Crippen LogP) is 2.33. The molecule has 1 aromatic rings. The van der Waals surface area contributed by atoms with Crippen LogP contribution in [0.3, 0.4) is 0 Å². The Hall–Kier alpha value is -2.16. The van der Waals surface area contributed by atoms with Gasteiger partial charge in [0.1, 0.15) is 11.5 Å². The van der Waals surface area contributed by atoms with Gasteiger partial charge in [-0.05, 0) is 42.5 Å². The zero-order chi connectivity index (χ0) is 11.4. The van der Waals surface area contributed by atoms with Crippen molar-refractivity contribution in [1.29, 1.82) is 0 Å². The lowest BCUT2D eigenvalue weighted by Crippen LogP contribution is -1.93. The van der Waals surface area contributed by atoms with Crippen molar-refractivity contribution in [3.05, 3.63) is 60.0 Å². The Kier molecular flexibility index (Phi) is 2.96. The van der Waals surface area contributed by atoms with Gasteiger partial charge in [-0.15, -0.1) is 0 Å². The van der Waals surface area contributed by atoms with E-state index in [1.54, 1.807) is 12.1 Å². The van der Waals surface area contributed by atoms with E-state index < -0.39 is 0 Å². The van der Waals surface area contributed by atoms with Gasteiger partial charge in [-0.3, -0.25) is 0 Å². The molecule has 0 bridgehead atoms. The topological polar surface area (TPSA) is 61.3 Å². The molecule has 0 fully saturated rings. The van der Waals surface area contributed by atoms with Crippen LogP contribution in [0, 0.1) is 0 Å². The molecule has 3 nitrogen and oxygen atoms in total. The zero-order valence-electron chi connectivity index (χ0n) is 8.89. The van der Waals surface area contributed by atoms with E-state index in [1.807, 2.05) is 36.4 Å². The van der Waals surface area contributed by atoms with E-state index in [1.165, 1.54) is 0 Å². The van der Waals surface area contributed by atoms with Gasteiger partial charge < -0.3 is 16.2 Å². The van der Waals surface area contributed by atoms with Crippen molar-refractivity contribution < 1.29 is 4.74 Å². The first kappa shape index (κ1) is 10.4. The molecule has 3 heteroatoms. The van der Waals surface area contributed by atoms with E-state index in [0.29, 0.717) is 0 Å². The molecule has 1 aromatic carbocycles. The van der Waals surface area contributed by atoms with Crippen molar-refractivity contribution in [3.8, 4) is 5.75 Å². The van der Waals surface area contributed by atoms with Gasteiger partial charge in [0, 0.05) is 17.8 Å². The van der Waals surface area contributed by atoms with Crippen LogP contribution in [0.15, 0.2) is 60.0 Å². The highest BCUT2D eigenvalue weighted by atomic mass is 16.5. The Labute approximate surface area is 94.7 Å². The first-order valence-corrected chi connectivity index (χ1v) is 5.10. The van der Waals surface area contributed by atoms with Crippen LogP contribution in [-0.4, -0.2) is 0 Å². The number of benzene rings is 1. The number of anilines is 1. The number of rotatable bonds is 2. The molecule has 0 heterocycles. The maximum absolute atomic E-state index is 5.70. The van der Waals surface area contributed by atoms with Gasteiger partial charge in [-0.2, -0.15) is 0 Å². The van der Waals surface area contributed by atoms with Crippen molar-refractivity contribution in [3.63, 3.8) is 0 Å². The number of nitrogen functional groups attached to an aromatic ring is 1. The first-order chi connectivity index (χ1) is 7.74. The van der Waals surface area contributed by atoms with Gasteiger partial charge in [0.2, 0.25) is 0 Å². The molecular formula is C13H14N2O. The maximum Gasteiger partial charge on any atom is 0.127 e. The molecule has 1 aliphatic rings. The van der Waals surface area contributed by atoms with E-state index >= 15 is 0 Å². The maximum atomic E-state index is 5.70. The zero-order valence-corrected chi connectivity index (χ0v) is 8.89. The molecule has 0 aliphatic heterocycles. The normalized spacial score (nSPS) is 15.0. The van der Waals surface area contributed by atoms with E-state index in [4.69, 9.17) is 16.2 Å². The van der Waals surface area contributed by atoms with Crippen molar-refractivity contribution in [2.24, 2.45) is 5.73 Å². The number of nitrogens with two attached hydrogens (primary N) is 2. The molecule has 82 valence electrons. The Morgan fingerprint density at radius 1 is 1.00 bits per heavy atom. The van der Waals surface area contributed by atoms with Crippen molar-refractivity contribution in [2.75, 3.05) is 5.73 Å². The van der Waals surface area contributed by atoms with E-state index in [0.717, 1.165) is 29.3 Å². The minimum Gasteiger partial charge on any atom is -0.457 e. The van der Waals surface area contributed by atoms with Gasteiger partial charge in [0.05, 0.1) is 0 Å². The van der Waals surface area contributed by atoms with Gasteiger partial charge in [0.15, 0.2) is 0 Å². The van der Waals surface area contributed by atoms with Gasteiger partial charge in [0.25, 0.3) is 0 Å². The standard InChI is InChI=1S/C13H14N2O/c14-10-2-1-3-12(7-4-10)16-13-8-5-11(15)6-9-13/h1,3-9H,2,14-15H2. The second-order valence-electron chi connectivity index (χ2n) is 3.59. The summed E-state index contributed by atoms with van der Waals surface area (Å²) in [5, 5.41) is 0. The molecule has 0 amide bonds. The Morgan fingerprint density at radius 3 is 2.50 bits per heavy atom. The van der Waals surface area contributed by atoms with Crippen LogP contribution >= 0.6 is 0 Å². The van der Waals surface area contributed by atoms with Crippen LogP contribution in [0.5, 0.6) is 5.75 Å².